The van der Waals surface area contributed by atoms with Crippen molar-refractivity contribution in [2.75, 3.05) is 0 Å². The predicted molar refractivity (Wildman–Crippen MR) is 228 cm³/mol. The van der Waals surface area contributed by atoms with E-state index >= 15 is 0 Å². The second kappa shape index (κ2) is 11.7. The highest BCUT2D eigenvalue weighted by Gasteiger charge is 2.20. The van der Waals surface area contributed by atoms with Crippen LogP contribution in [-0.4, -0.2) is 19.5 Å². The van der Waals surface area contributed by atoms with Crippen molar-refractivity contribution in [3.63, 3.8) is 0 Å². The first-order valence-electron chi connectivity index (χ1n) is 18.4. The molecule has 12 rings (SSSR count). The van der Waals surface area contributed by atoms with Crippen LogP contribution in [0, 0.1) is 0 Å². The number of rotatable bonds is 4. The molecule has 55 heavy (non-hydrogen) atoms. The number of para-hydroxylation sites is 2. The van der Waals surface area contributed by atoms with Gasteiger partial charge in [-0.3, -0.25) is 0 Å². The Morgan fingerprint density at radius 3 is 1.80 bits per heavy atom. The molecule has 0 atom stereocenters. The molecule has 6 heteroatoms. The van der Waals surface area contributed by atoms with Crippen LogP contribution in [0.15, 0.2) is 174 Å². The molecule has 0 amide bonds. The number of furan rings is 1. The minimum Gasteiger partial charge on any atom is -0.456 e. The third kappa shape index (κ3) is 4.62. The fourth-order valence-corrected chi connectivity index (χ4v) is 9.51. The number of hydrogen-bond acceptors (Lipinski definition) is 5. The quantitative estimate of drug-likeness (QED) is 0.182. The van der Waals surface area contributed by atoms with Gasteiger partial charge in [-0.15, -0.1) is 11.3 Å². The summed E-state index contributed by atoms with van der Waals surface area (Å²) in [4.78, 5) is 15.4. The summed E-state index contributed by atoms with van der Waals surface area (Å²) in [6, 6.07) is 59.6. The molecule has 0 N–H and O–H groups in total. The van der Waals surface area contributed by atoms with Gasteiger partial charge in [0.1, 0.15) is 11.2 Å². The molecule has 8 aromatic carbocycles. The van der Waals surface area contributed by atoms with Crippen molar-refractivity contribution in [2.24, 2.45) is 0 Å². The van der Waals surface area contributed by atoms with E-state index in [9.17, 15) is 0 Å². The van der Waals surface area contributed by atoms with Crippen molar-refractivity contribution in [3.05, 3.63) is 170 Å². The van der Waals surface area contributed by atoms with E-state index in [0.717, 1.165) is 55.1 Å². The topological polar surface area (TPSA) is 56.7 Å². The molecular formula is C49H28N4OS. The lowest BCUT2D eigenvalue weighted by Crippen LogP contribution is -2.00. The number of thiophene rings is 1. The fraction of sp³-hybridized carbons (Fsp3) is 0. The van der Waals surface area contributed by atoms with Crippen LogP contribution in [0.1, 0.15) is 0 Å². The molecule has 0 saturated carbocycles. The van der Waals surface area contributed by atoms with E-state index in [4.69, 9.17) is 19.4 Å². The smallest absolute Gasteiger partial charge is 0.164 e. The molecule has 0 bridgehead atoms. The van der Waals surface area contributed by atoms with Crippen molar-refractivity contribution in [1.82, 2.24) is 19.5 Å². The molecule has 0 spiro atoms. The van der Waals surface area contributed by atoms with Gasteiger partial charge in [0.05, 0.1) is 11.0 Å². The van der Waals surface area contributed by atoms with E-state index in [1.807, 2.05) is 30.3 Å². The highest BCUT2D eigenvalue weighted by atomic mass is 32.1. The summed E-state index contributed by atoms with van der Waals surface area (Å²) in [5.74, 6) is 1.86. The van der Waals surface area contributed by atoms with E-state index in [-0.39, 0.29) is 0 Å². The summed E-state index contributed by atoms with van der Waals surface area (Å²) in [5.41, 5.74) is 7.84. The second-order valence-corrected chi connectivity index (χ2v) is 15.1. The van der Waals surface area contributed by atoms with Gasteiger partial charge in [-0.05, 0) is 59.3 Å². The highest BCUT2D eigenvalue weighted by molar-refractivity contribution is 7.25. The molecule has 0 unspecified atom stereocenters. The van der Waals surface area contributed by atoms with E-state index in [1.165, 1.54) is 42.0 Å². The maximum atomic E-state index is 6.70. The summed E-state index contributed by atoms with van der Waals surface area (Å²) in [6.07, 6.45) is 0. The minimum absolute atomic E-state index is 0.602. The first-order valence-corrected chi connectivity index (χ1v) is 19.2. The molecule has 4 aromatic heterocycles. The minimum atomic E-state index is 0.602. The van der Waals surface area contributed by atoms with Crippen LogP contribution in [0.4, 0.5) is 0 Å². The predicted octanol–water partition coefficient (Wildman–Crippen LogP) is 13.4. The van der Waals surface area contributed by atoms with Gasteiger partial charge >= 0.3 is 0 Å². The first-order chi connectivity index (χ1) is 27.2. The average Bonchev–Trinajstić information content (AvgIpc) is 3.92. The van der Waals surface area contributed by atoms with E-state index in [0.29, 0.717) is 17.5 Å². The Morgan fingerprint density at radius 1 is 0.400 bits per heavy atom. The molecule has 5 nitrogen and oxygen atoms in total. The highest BCUT2D eigenvalue weighted by Crippen LogP contribution is 2.42. The lowest BCUT2D eigenvalue weighted by molar-refractivity contribution is 0.669. The van der Waals surface area contributed by atoms with Crippen LogP contribution in [0.5, 0.6) is 0 Å². The van der Waals surface area contributed by atoms with Gasteiger partial charge in [0.2, 0.25) is 0 Å². The number of fused-ring (bicyclic) bond motifs is 11. The van der Waals surface area contributed by atoms with Gasteiger partial charge in [-0.25, -0.2) is 15.0 Å². The molecule has 0 aliphatic rings. The van der Waals surface area contributed by atoms with Gasteiger partial charge in [-0.1, -0.05) is 121 Å². The van der Waals surface area contributed by atoms with Crippen LogP contribution in [0.3, 0.4) is 0 Å². The normalized spacial score (nSPS) is 12.0. The van der Waals surface area contributed by atoms with Gasteiger partial charge in [0, 0.05) is 64.1 Å². The maximum absolute atomic E-state index is 6.70. The Hall–Kier alpha value is -7.15. The zero-order chi connectivity index (χ0) is 36.0. The molecule has 0 aliphatic carbocycles. The third-order valence-electron chi connectivity index (χ3n) is 10.8. The van der Waals surface area contributed by atoms with Crippen molar-refractivity contribution >= 4 is 86.0 Å². The number of benzene rings is 8. The summed E-state index contributed by atoms with van der Waals surface area (Å²) >= 11 is 1.79. The lowest BCUT2D eigenvalue weighted by atomic mass is 9.98. The van der Waals surface area contributed by atoms with E-state index < -0.39 is 0 Å². The fourth-order valence-electron chi connectivity index (χ4n) is 8.36. The monoisotopic (exact) mass is 720 g/mol. The molecule has 4 heterocycles. The lowest BCUT2D eigenvalue weighted by Gasteiger charge is -2.11. The standard InChI is InChI=1S/C49H28N4OS/c1-2-12-29(13-3-1)47-50-48(30-22-24-36-35-17-8-11-21-44(35)55-45(36)26-30)52-49(51-47)38-28-43-46(37-18-5-4-14-32(37)38)39-27-31(23-25-42(39)54-43)53-40-19-9-6-15-33(40)34-16-7-10-20-41(34)53/h1-28H. The van der Waals surface area contributed by atoms with Gasteiger partial charge in [0.25, 0.3) is 0 Å². The zero-order valence-electron chi connectivity index (χ0n) is 29.3. The largest absolute Gasteiger partial charge is 0.456 e. The van der Waals surface area contributed by atoms with Crippen LogP contribution in [0.2, 0.25) is 0 Å². The number of aromatic nitrogens is 4. The summed E-state index contributed by atoms with van der Waals surface area (Å²) in [6.45, 7) is 0. The Morgan fingerprint density at radius 2 is 1.02 bits per heavy atom. The Kier molecular flexibility index (Phi) is 6.44. The zero-order valence-corrected chi connectivity index (χ0v) is 30.1. The van der Waals surface area contributed by atoms with Gasteiger partial charge < -0.3 is 8.98 Å². The Balaban J connectivity index is 1.08. The van der Waals surface area contributed by atoms with Crippen LogP contribution < -0.4 is 0 Å². The molecule has 256 valence electrons. The first kappa shape index (κ1) is 30.3. The van der Waals surface area contributed by atoms with Crippen LogP contribution in [0.25, 0.3) is 115 Å². The van der Waals surface area contributed by atoms with Crippen LogP contribution >= 0.6 is 11.3 Å². The third-order valence-corrected chi connectivity index (χ3v) is 12.0. The van der Waals surface area contributed by atoms with Crippen molar-refractivity contribution in [3.8, 4) is 39.9 Å². The SMILES string of the molecule is c1ccc(-c2nc(-c3ccc4c(c3)sc3ccccc34)nc(-c3cc4oc5ccc(-n6c7ccccc7c7ccccc76)cc5c4c4ccccc34)n2)cc1. The Bertz CT molecular complexity index is 3450. The van der Waals surface area contributed by atoms with Crippen LogP contribution in [-0.2, 0) is 0 Å². The molecule has 0 saturated heterocycles. The summed E-state index contributed by atoms with van der Waals surface area (Å²) in [7, 11) is 0. The molecule has 0 fully saturated rings. The molecular weight excluding hydrogens is 693 g/mol. The average molecular weight is 721 g/mol. The Labute approximate surface area is 318 Å². The number of nitrogens with zero attached hydrogens (tertiary/aromatic N) is 4. The second-order valence-electron chi connectivity index (χ2n) is 14.0. The maximum Gasteiger partial charge on any atom is 0.164 e. The van der Waals surface area contributed by atoms with Gasteiger partial charge in [-0.2, -0.15) is 0 Å². The molecule has 12 aromatic rings. The van der Waals surface area contributed by atoms with Crippen molar-refractivity contribution in [2.45, 2.75) is 0 Å². The van der Waals surface area contributed by atoms with Crippen molar-refractivity contribution in [1.29, 1.82) is 0 Å². The number of hydrogen-bond donors (Lipinski definition) is 0. The van der Waals surface area contributed by atoms with Crippen molar-refractivity contribution < 1.29 is 4.42 Å². The molecule has 0 aliphatic heterocycles. The van der Waals surface area contributed by atoms with E-state index in [1.54, 1.807) is 11.3 Å². The van der Waals surface area contributed by atoms with Gasteiger partial charge in [0.15, 0.2) is 17.5 Å². The molecule has 0 radical (unpaired) electrons. The summed E-state index contributed by atoms with van der Waals surface area (Å²) in [5, 5.41) is 9.26. The van der Waals surface area contributed by atoms with E-state index in [2.05, 4.69) is 144 Å². The summed E-state index contributed by atoms with van der Waals surface area (Å²) < 4.78 is 11.5.